The number of halogens is 3. The number of aryl methyl sites for hydroxylation is 1. The maximum Gasteiger partial charge on any atom is 0.274 e. The first-order valence-electron chi connectivity index (χ1n) is 7.43. The van der Waals surface area contributed by atoms with Crippen molar-refractivity contribution in [1.29, 1.82) is 0 Å². The van der Waals surface area contributed by atoms with Crippen molar-refractivity contribution in [1.82, 2.24) is 5.48 Å². The molecule has 1 amide bonds. The van der Waals surface area contributed by atoms with Gasteiger partial charge in [0.15, 0.2) is 11.7 Å². The van der Waals surface area contributed by atoms with Crippen LogP contribution in [0.5, 0.6) is 0 Å². The predicted octanol–water partition coefficient (Wildman–Crippen LogP) is 4.19. The number of unbranched alkanes of at least 4 members (excludes halogenated alkanes) is 1. The van der Waals surface area contributed by atoms with E-state index in [4.69, 9.17) is 5.21 Å². The number of carbonyl (C=O) groups is 1. The molecule has 1 aliphatic rings. The fraction of sp³-hybridized carbons (Fsp3) is 0.353. The molecule has 0 saturated heterocycles. The molecular formula is C17H18F3NO2. The zero-order valence-electron chi connectivity index (χ0n) is 12.4. The molecule has 1 aromatic carbocycles. The molecule has 2 atom stereocenters. The molecule has 0 heterocycles. The number of hydrogen-bond acceptors (Lipinski definition) is 2. The van der Waals surface area contributed by atoms with Crippen LogP contribution in [0.15, 0.2) is 48.1 Å². The number of nitrogens with one attached hydrogen (secondary N) is 1. The molecule has 2 unspecified atom stereocenters. The Hall–Kier alpha value is -2.08. The number of amides is 1. The van der Waals surface area contributed by atoms with Gasteiger partial charge in [-0.05, 0) is 49.1 Å². The molecule has 0 bridgehead atoms. The van der Waals surface area contributed by atoms with Gasteiger partial charge in [-0.1, -0.05) is 18.6 Å². The molecule has 0 spiro atoms. The van der Waals surface area contributed by atoms with E-state index in [1.807, 2.05) is 0 Å². The number of hydrogen-bond donors (Lipinski definition) is 2. The molecule has 1 aliphatic carbocycles. The molecule has 0 aliphatic heterocycles. The number of hydroxylamine groups is 1. The Morgan fingerprint density at radius 1 is 1.09 bits per heavy atom. The summed E-state index contributed by atoms with van der Waals surface area (Å²) in [5.41, 5.74) is 2.92. The summed E-state index contributed by atoms with van der Waals surface area (Å²) < 4.78 is 39.6. The van der Waals surface area contributed by atoms with Crippen molar-refractivity contribution in [2.75, 3.05) is 0 Å². The molecular weight excluding hydrogens is 307 g/mol. The standard InChI is InChI=1S/C17H18F3NO2/c18-14-10-16(20)15(19)9-13(14)4-2-1-3-11-5-7-12(8-6-11)17(22)21-23/h5-10,13-14,23H,1-4H2,(H,21,22). The highest BCUT2D eigenvalue weighted by Gasteiger charge is 2.24. The molecule has 0 fully saturated rings. The molecule has 2 N–H and O–H groups in total. The topological polar surface area (TPSA) is 49.3 Å². The summed E-state index contributed by atoms with van der Waals surface area (Å²) in [5.74, 6) is -3.30. The van der Waals surface area contributed by atoms with Gasteiger partial charge >= 0.3 is 0 Å². The lowest BCUT2D eigenvalue weighted by molar-refractivity contribution is 0.0706. The number of carbonyl (C=O) groups excluding carboxylic acids is 1. The summed E-state index contributed by atoms with van der Waals surface area (Å²) in [7, 11) is 0. The van der Waals surface area contributed by atoms with Gasteiger partial charge in [-0.15, -0.1) is 0 Å². The fourth-order valence-corrected chi connectivity index (χ4v) is 2.54. The van der Waals surface area contributed by atoms with Gasteiger partial charge in [0.2, 0.25) is 0 Å². The van der Waals surface area contributed by atoms with Gasteiger partial charge in [-0.25, -0.2) is 18.7 Å². The second-order valence-corrected chi connectivity index (χ2v) is 5.52. The van der Waals surface area contributed by atoms with E-state index in [2.05, 4.69) is 0 Å². The minimum atomic E-state index is -1.48. The van der Waals surface area contributed by atoms with Crippen LogP contribution >= 0.6 is 0 Å². The summed E-state index contributed by atoms with van der Waals surface area (Å²) in [4.78, 5) is 11.2. The first-order chi connectivity index (χ1) is 11.0. The third kappa shape index (κ3) is 4.69. The zero-order valence-corrected chi connectivity index (χ0v) is 12.4. The molecule has 0 saturated carbocycles. The SMILES string of the molecule is O=C(NO)c1ccc(CCCCC2C=C(F)C(F)=CC2F)cc1. The molecule has 0 radical (unpaired) electrons. The lowest BCUT2D eigenvalue weighted by Crippen LogP contribution is -2.18. The van der Waals surface area contributed by atoms with E-state index >= 15 is 0 Å². The van der Waals surface area contributed by atoms with E-state index in [0.29, 0.717) is 24.5 Å². The summed E-state index contributed by atoms with van der Waals surface area (Å²) in [6.07, 6.45) is 2.86. The third-order valence-corrected chi connectivity index (χ3v) is 3.87. The van der Waals surface area contributed by atoms with Crippen molar-refractivity contribution < 1.29 is 23.2 Å². The Kier molecular flexibility index (Phi) is 5.98. The smallest absolute Gasteiger partial charge is 0.274 e. The van der Waals surface area contributed by atoms with Crippen LogP contribution in [0.2, 0.25) is 0 Å². The average Bonchev–Trinajstić information content (AvgIpc) is 2.55. The first-order valence-corrected chi connectivity index (χ1v) is 7.43. The minimum absolute atomic E-state index is 0.355. The van der Waals surface area contributed by atoms with E-state index in [1.54, 1.807) is 29.7 Å². The third-order valence-electron chi connectivity index (χ3n) is 3.87. The van der Waals surface area contributed by atoms with Crippen molar-refractivity contribution in [3.8, 4) is 0 Å². The van der Waals surface area contributed by atoms with Gasteiger partial charge in [-0.3, -0.25) is 10.0 Å². The second kappa shape index (κ2) is 7.97. The molecule has 0 aromatic heterocycles. The maximum atomic E-state index is 13.6. The Bertz CT molecular complexity index is 611. The Morgan fingerprint density at radius 3 is 2.39 bits per heavy atom. The van der Waals surface area contributed by atoms with Crippen molar-refractivity contribution in [3.63, 3.8) is 0 Å². The van der Waals surface area contributed by atoms with E-state index in [1.165, 1.54) is 0 Å². The van der Waals surface area contributed by atoms with Crippen LogP contribution < -0.4 is 5.48 Å². The molecule has 2 rings (SSSR count). The first kappa shape index (κ1) is 17.3. The minimum Gasteiger partial charge on any atom is -0.288 e. The number of alkyl halides is 1. The van der Waals surface area contributed by atoms with Crippen molar-refractivity contribution >= 4 is 5.91 Å². The maximum absolute atomic E-state index is 13.6. The normalized spacial score (nSPS) is 20.7. The average molecular weight is 325 g/mol. The molecule has 1 aromatic rings. The predicted molar refractivity (Wildman–Crippen MR) is 80.0 cm³/mol. The van der Waals surface area contributed by atoms with Crippen molar-refractivity contribution in [2.24, 2.45) is 5.92 Å². The van der Waals surface area contributed by atoms with Gasteiger partial charge < -0.3 is 0 Å². The highest BCUT2D eigenvalue weighted by Crippen LogP contribution is 2.30. The van der Waals surface area contributed by atoms with Gasteiger partial charge in [0.1, 0.15) is 6.17 Å². The molecule has 6 heteroatoms. The van der Waals surface area contributed by atoms with Crippen LogP contribution in [-0.4, -0.2) is 17.3 Å². The highest BCUT2D eigenvalue weighted by molar-refractivity contribution is 5.93. The summed E-state index contributed by atoms with van der Waals surface area (Å²) >= 11 is 0. The van der Waals surface area contributed by atoms with E-state index in [0.717, 1.165) is 24.5 Å². The number of benzene rings is 1. The Balaban J connectivity index is 1.77. The van der Waals surface area contributed by atoms with Gasteiger partial charge in [0, 0.05) is 11.5 Å². The number of allylic oxidation sites excluding steroid dienone is 4. The van der Waals surface area contributed by atoms with Gasteiger partial charge in [0.25, 0.3) is 5.91 Å². The fourth-order valence-electron chi connectivity index (χ4n) is 2.54. The lowest BCUT2D eigenvalue weighted by atomic mass is 9.91. The quantitative estimate of drug-likeness (QED) is 0.468. The summed E-state index contributed by atoms with van der Waals surface area (Å²) in [6.45, 7) is 0. The van der Waals surface area contributed by atoms with Crippen LogP contribution in [0.1, 0.15) is 35.2 Å². The molecule has 124 valence electrons. The van der Waals surface area contributed by atoms with Crippen LogP contribution in [0.4, 0.5) is 13.2 Å². The Labute approximate surface area is 132 Å². The van der Waals surface area contributed by atoms with Gasteiger partial charge in [0.05, 0.1) is 0 Å². The van der Waals surface area contributed by atoms with Crippen molar-refractivity contribution in [3.05, 3.63) is 59.2 Å². The van der Waals surface area contributed by atoms with Gasteiger partial charge in [-0.2, -0.15) is 0 Å². The largest absolute Gasteiger partial charge is 0.288 e. The lowest BCUT2D eigenvalue weighted by Gasteiger charge is -2.18. The zero-order chi connectivity index (χ0) is 16.8. The molecule has 3 nitrogen and oxygen atoms in total. The van der Waals surface area contributed by atoms with Crippen LogP contribution in [0.25, 0.3) is 0 Å². The summed E-state index contributed by atoms with van der Waals surface area (Å²) in [6, 6.07) is 6.76. The highest BCUT2D eigenvalue weighted by atomic mass is 19.2. The summed E-state index contributed by atoms with van der Waals surface area (Å²) in [5, 5.41) is 8.52. The second-order valence-electron chi connectivity index (χ2n) is 5.52. The van der Waals surface area contributed by atoms with Crippen LogP contribution in [0, 0.1) is 5.92 Å². The van der Waals surface area contributed by atoms with E-state index < -0.39 is 29.7 Å². The van der Waals surface area contributed by atoms with E-state index in [9.17, 15) is 18.0 Å². The number of rotatable bonds is 6. The monoisotopic (exact) mass is 325 g/mol. The molecule has 23 heavy (non-hydrogen) atoms. The van der Waals surface area contributed by atoms with Crippen molar-refractivity contribution in [2.45, 2.75) is 31.9 Å². The van der Waals surface area contributed by atoms with E-state index in [-0.39, 0.29) is 0 Å². The van der Waals surface area contributed by atoms with Crippen LogP contribution in [0.3, 0.4) is 0 Å². The van der Waals surface area contributed by atoms with Crippen LogP contribution in [-0.2, 0) is 6.42 Å². The Morgan fingerprint density at radius 2 is 1.74 bits per heavy atom.